The summed E-state index contributed by atoms with van der Waals surface area (Å²) >= 11 is 0. The van der Waals surface area contributed by atoms with Gasteiger partial charge in [0.2, 0.25) is 5.75 Å². The van der Waals surface area contributed by atoms with Gasteiger partial charge in [-0.25, -0.2) is 0 Å². The molecule has 9 heteroatoms. The predicted octanol–water partition coefficient (Wildman–Crippen LogP) is 4.21. The van der Waals surface area contributed by atoms with Gasteiger partial charge in [0.1, 0.15) is 17.1 Å². The van der Waals surface area contributed by atoms with E-state index in [1.807, 2.05) is 42.5 Å². The van der Waals surface area contributed by atoms with Crippen molar-refractivity contribution in [3.05, 3.63) is 82.5 Å². The lowest BCUT2D eigenvalue weighted by Crippen LogP contribution is -2.49. The van der Waals surface area contributed by atoms with Gasteiger partial charge in [0.05, 0.1) is 26.7 Å². The first-order valence-electron chi connectivity index (χ1n) is 13.0. The SMILES string of the molecule is COc1ccc(CN2CCN(C(=O)COc3ccc4c(=O)cc(-c5ccccc5)oc4c3)CC2)c(OC)c1OC. The second kappa shape index (κ2) is 12.1. The molecule has 5 rings (SSSR count). The lowest BCUT2D eigenvalue weighted by molar-refractivity contribution is -0.135. The number of benzene rings is 3. The van der Waals surface area contributed by atoms with Crippen LogP contribution in [0.4, 0.5) is 0 Å². The fourth-order valence-electron chi connectivity index (χ4n) is 4.89. The third-order valence-electron chi connectivity index (χ3n) is 7.03. The summed E-state index contributed by atoms with van der Waals surface area (Å²) in [5.74, 6) is 2.68. The Morgan fingerprint density at radius 3 is 2.30 bits per heavy atom. The molecule has 1 amide bonds. The highest BCUT2D eigenvalue weighted by molar-refractivity contribution is 5.81. The Morgan fingerprint density at radius 2 is 1.60 bits per heavy atom. The molecule has 0 radical (unpaired) electrons. The van der Waals surface area contributed by atoms with Crippen molar-refractivity contribution < 1.29 is 28.2 Å². The fraction of sp³-hybridized carbons (Fsp3) is 0.290. The Labute approximate surface area is 232 Å². The molecule has 208 valence electrons. The van der Waals surface area contributed by atoms with Crippen LogP contribution in [-0.2, 0) is 11.3 Å². The van der Waals surface area contributed by atoms with Gasteiger partial charge >= 0.3 is 0 Å². The highest BCUT2D eigenvalue weighted by atomic mass is 16.5. The largest absolute Gasteiger partial charge is 0.493 e. The third-order valence-corrected chi connectivity index (χ3v) is 7.03. The van der Waals surface area contributed by atoms with Crippen LogP contribution in [0.15, 0.2) is 75.9 Å². The zero-order valence-electron chi connectivity index (χ0n) is 22.8. The molecule has 1 aromatic heterocycles. The van der Waals surface area contributed by atoms with Gasteiger partial charge in [-0.3, -0.25) is 14.5 Å². The van der Waals surface area contributed by atoms with Gasteiger partial charge in [-0.2, -0.15) is 0 Å². The first-order valence-corrected chi connectivity index (χ1v) is 13.0. The summed E-state index contributed by atoms with van der Waals surface area (Å²) in [5, 5.41) is 0.459. The Balaban J connectivity index is 1.19. The molecule has 0 saturated carbocycles. The zero-order chi connectivity index (χ0) is 28.1. The van der Waals surface area contributed by atoms with E-state index in [4.69, 9.17) is 23.4 Å². The number of nitrogens with zero attached hydrogens (tertiary/aromatic N) is 2. The molecular formula is C31H32N2O7. The van der Waals surface area contributed by atoms with Crippen LogP contribution in [0.1, 0.15) is 5.56 Å². The van der Waals surface area contributed by atoms with Crippen LogP contribution in [0.2, 0.25) is 0 Å². The lowest BCUT2D eigenvalue weighted by Gasteiger charge is -2.35. The van der Waals surface area contributed by atoms with E-state index in [-0.39, 0.29) is 17.9 Å². The Morgan fingerprint density at radius 1 is 0.850 bits per heavy atom. The van der Waals surface area contributed by atoms with E-state index >= 15 is 0 Å². The number of hydrogen-bond acceptors (Lipinski definition) is 8. The van der Waals surface area contributed by atoms with Gasteiger partial charge in [-0.15, -0.1) is 0 Å². The van der Waals surface area contributed by atoms with Crippen LogP contribution in [0, 0.1) is 0 Å². The van der Waals surface area contributed by atoms with Gasteiger partial charge in [-0.1, -0.05) is 36.4 Å². The van der Waals surface area contributed by atoms with Crippen LogP contribution in [0.5, 0.6) is 23.0 Å². The molecule has 4 aromatic rings. The molecule has 2 heterocycles. The van der Waals surface area contributed by atoms with Crippen LogP contribution in [0.3, 0.4) is 0 Å². The molecule has 0 spiro atoms. The van der Waals surface area contributed by atoms with E-state index in [0.29, 0.717) is 72.5 Å². The molecule has 1 aliphatic rings. The first-order chi connectivity index (χ1) is 19.5. The van der Waals surface area contributed by atoms with Crippen molar-refractivity contribution in [2.24, 2.45) is 0 Å². The summed E-state index contributed by atoms with van der Waals surface area (Å²) in [4.78, 5) is 29.6. The average Bonchev–Trinajstić information content (AvgIpc) is 3.00. The van der Waals surface area contributed by atoms with Crippen LogP contribution < -0.4 is 24.4 Å². The molecule has 0 unspecified atom stereocenters. The van der Waals surface area contributed by atoms with Crippen molar-refractivity contribution in [1.82, 2.24) is 9.80 Å². The summed E-state index contributed by atoms with van der Waals surface area (Å²) in [5.41, 5.74) is 2.08. The van der Waals surface area contributed by atoms with Crippen molar-refractivity contribution in [2.45, 2.75) is 6.54 Å². The maximum atomic E-state index is 12.9. The molecule has 3 aromatic carbocycles. The third kappa shape index (κ3) is 5.74. The molecule has 0 aliphatic carbocycles. The summed E-state index contributed by atoms with van der Waals surface area (Å²) in [6.07, 6.45) is 0. The van der Waals surface area contributed by atoms with E-state index in [1.165, 1.54) is 6.07 Å². The van der Waals surface area contributed by atoms with E-state index in [9.17, 15) is 9.59 Å². The molecule has 40 heavy (non-hydrogen) atoms. The van der Waals surface area contributed by atoms with Crippen molar-refractivity contribution >= 4 is 16.9 Å². The Kier molecular flexibility index (Phi) is 8.21. The topological polar surface area (TPSA) is 90.7 Å². The summed E-state index contributed by atoms with van der Waals surface area (Å²) in [6.45, 7) is 3.17. The second-order valence-corrected chi connectivity index (χ2v) is 9.44. The molecule has 0 atom stereocenters. The molecule has 1 aliphatic heterocycles. The van der Waals surface area contributed by atoms with Crippen molar-refractivity contribution in [3.63, 3.8) is 0 Å². The molecular weight excluding hydrogens is 512 g/mol. The van der Waals surface area contributed by atoms with E-state index < -0.39 is 0 Å². The van der Waals surface area contributed by atoms with Gasteiger partial charge in [0.15, 0.2) is 23.5 Å². The normalized spacial score (nSPS) is 13.7. The summed E-state index contributed by atoms with van der Waals surface area (Å²) in [6, 6.07) is 19.8. The lowest BCUT2D eigenvalue weighted by atomic mass is 10.1. The van der Waals surface area contributed by atoms with Crippen molar-refractivity contribution in [3.8, 4) is 34.3 Å². The number of ether oxygens (including phenoxy) is 4. The monoisotopic (exact) mass is 544 g/mol. The van der Waals surface area contributed by atoms with Crippen LogP contribution in [-0.4, -0.2) is 69.8 Å². The molecule has 0 N–H and O–H groups in total. The number of methoxy groups -OCH3 is 3. The fourth-order valence-corrected chi connectivity index (χ4v) is 4.89. The number of hydrogen-bond donors (Lipinski definition) is 0. The number of amides is 1. The van der Waals surface area contributed by atoms with E-state index in [2.05, 4.69) is 4.90 Å². The molecule has 9 nitrogen and oxygen atoms in total. The molecule has 1 saturated heterocycles. The highest BCUT2D eigenvalue weighted by Gasteiger charge is 2.24. The van der Waals surface area contributed by atoms with Crippen molar-refractivity contribution in [1.29, 1.82) is 0 Å². The average molecular weight is 545 g/mol. The van der Waals surface area contributed by atoms with E-state index in [1.54, 1.807) is 44.4 Å². The number of carbonyl (C=O) groups excluding carboxylic acids is 1. The van der Waals surface area contributed by atoms with Gasteiger partial charge in [0.25, 0.3) is 5.91 Å². The number of rotatable bonds is 9. The number of piperazine rings is 1. The smallest absolute Gasteiger partial charge is 0.260 e. The maximum Gasteiger partial charge on any atom is 0.260 e. The zero-order valence-corrected chi connectivity index (χ0v) is 22.8. The van der Waals surface area contributed by atoms with Crippen LogP contribution in [0.25, 0.3) is 22.3 Å². The first kappa shape index (κ1) is 27.1. The minimum absolute atomic E-state index is 0.0945. The van der Waals surface area contributed by atoms with Crippen LogP contribution >= 0.6 is 0 Å². The quantitative estimate of drug-likeness (QED) is 0.310. The number of carbonyl (C=O) groups is 1. The minimum Gasteiger partial charge on any atom is -0.493 e. The maximum absolute atomic E-state index is 12.9. The van der Waals surface area contributed by atoms with E-state index in [0.717, 1.165) is 11.1 Å². The van der Waals surface area contributed by atoms with Crippen molar-refractivity contribution in [2.75, 3.05) is 54.1 Å². The molecule has 1 fully saturated rings. The predicted molar refractivity (Wildman–Crippen MR) is 151 cm³/mol. The van der Waals surface area contributed by atoms with Gasteiger partial charge in [0, 0.05) is 56.0 Å². The minimum atomic E-state index is -0.133. The Bertz CT molecular complexity index is 1540. The Hall–Kier alpha value is -4.50. The van der Waals surface area contributed by atoms with Gasteiger partial charge in [-0.05, 0) is 18.2 Å². The standard InChI is InChI=1S/C31H32N2O7/c1-36-26-12-9-22(30(37-2)31(26)38-3)19-32-13-15-33(16-14-32)29(35)20-39-23-10-11-24-25(34)18-27(40-28(24)17-23)21-7-5-4-6-8-21/h4-12,17-18H,13-16,19-20H2,1-3H3. The highest BCUT2D eigenvalue weighted by Crippen LogP contribution is 2.40. The van der Waals surface area contributed by atoms with Gasteiger partial charge < -0.3 is 28.3 Å². The molecule has 0 bridgehead atoms. The number of fused-ring (bicyclic) bond motifs is 1. The second-order valence-electron chi connectivity index (χ2n) is 9.44. The summed E-state index contributed by atoms with van der Waals surface area (Å²) < 4.78 is 28.3. The summed E-state index contributed by atoms with van der Waals surface area (Å²) in [7, 11) is 4.80.